The third-order valence-corrected chi connectivity index (χ3v) is 4.78. The molecule has 0 radical (unpaired) electrons. The molecule has 1 saturated heterocycles. The standard InChI is InChI=1S/C22H34O3/c1-2-3-4-5-6-7-8-9-10-11-13-19-14-12-15-20(16-19)22(23)25-18-21-17-24-21/h12,14-16,21H,2-11,13,17-18H2,1H3. The van der Waals surface area contributed by atoms with E-state index in [1.165, 1.54) is 69.8 Å². The fourth-order valence-corrected chi connectivity index (χ4v) is 3.09. The maximum atomic E-state index is 12.0. The van der Waals surface area contributed by atoms with E-state index in [1.54, 1.807) is 0 Å². The van der Waals surface area contributed by atoms with Gasteiger partial charge in [0.05, 0.1) is 12.2 Å². The van der Waals surface area contributed by atoms with Gasteiger partial charge in [0.25, 0.3) is 0 Å². The van der Waals surface area contributed by atoms with Crippen molar-refractivity contribution >= 4 is 5.97 Å². The summed E-state index contributed by atoms with van der Waals surface area (Å²) < 4.78 is 10.3. The molecule has 1 unspecified atom stereocenters. The number of unbranched alkanes of at least 4 members (excludes halogenated alkanes) is 9. The summed E-state index contributed by atoms with van der Waals surface area (Å²) in [6.07, 6.45) is 14.7. The zero-order chi connectivity index (χ0) is 17.7. The molecule has 3 heteroatoms. The summed E-state index contributed by atoms with van der Waals surface area (Å²) in [5.41, 5.74) is 1.89. The SMILES string of the molecule is CCCCCCCCCCCCc1cccc(C(=O)OCC2CO2)c1. The van der Waals surface area contributed by atoms with Gasteiger partial charge in [0.1, 0.15) is 12.7 Å². The quantitative estimate of drug-likeness (QED) is 0.246. The molecular weight excluding hydrogens is 312 g/mol. The highest BCUT2D eigenvalue weighted by Gasteiger charge is 2.24. The van der Waals surface area contributed by atoms with Crippen molar-refractivity contribution in [3.63, 3.8) is 0 Å². The van der Waals surface area contributed by atoms with E-state index in [0.717, 1.165) is 6.42 Å². The molecule has 0 aromatic heterocycles. The molecule has 1 fully saturated rings. The summed E-state index contributed by atoms with van der Waals surface area (Å²) >= 11 is 0. The van der Waals surface area contributed by atoms with E-state index >= 15 is 0 Å². The van der Waals surface area contributed by atoms with E-state index in [0.29, 0.717) is 18.8 Å². The van der Waals surface area contributed by atoms with Crippen LogP contribution >= 0.6 is 0 Å². The Hall–Kier alpha value is -1.35. The molecule has 1 heterocycles. The number of benzene rings is 1. The molecule has 3 nitrogen and oxygen atoms in total. The minimum atomic E-state index is -0.236. The van der Waals surface area contributed by atoms with Crippen molar-refractivity contribution < 1.29 is 14.3 Å². The minimum Gasteiger partial charge on any atom is -0.459 e. The molecule has 140 valence electrons. The number of hydrogen-bond acceptors (Lipinski definition) is 3. The summed E-state index contributed by atoms with van der Waals surface area (Å²) in [5.74, 6) is -0.236. The smallest absolute Gasteiger partial charge is 0.338 e. The van der Waals surface area contributed by atoms with Crippen LogP contribution in [0.25, 0.3) is 0 Å². The van der Waals surface area contributed by atoms with Crippen molar-refractivity contribution in [1.82, 2.24) is 0 Å². The lowest BCUT2D eigenvalue weighted by molar-refractivity contribution is 0.0476. The number of carbonyl (C=O) groups excluding carboxylic acids is 1. The number of aryl methyl sites for hydroxylation is 1. The molecule has 0 amide bonds. The van der Waals surface area contributed by atoms with Crippen LogP contribution in [0.4, 0.5) is 0 Å². The van der Waals surface area contributed by atoms with Gasteiger partial charge in [-0.25, -0.2) is 4.79 Å². The molecule has 1 aliphatic rings. The number of esters is 1. The van der Waals surface area contributed by atoms with Gasteiger partial charge in [0, 0.05) is 0 Å². The van der Waals surface area contributed by atoms with Crippen LogP contribution in [-0.2, 0) is 15.9 Å². The van der Waals surface area contributed by atoms with E-state index in [-0.39, 0.29) is 12.1 Å². The van der Waals surface area contributed by atoms with E-state index in [1.807, 2.05) is 18.2 Å². The Morgan fingerprint density at radius 2 is 1.68 bits per heavy atom. The number of rotatable bonds is 14. The van der Waals surface area contributed by atoms with Gasteiger partial charge in [0.15, 0.2) is 0 Å². The van der Waals surface area contributed by atoms with Gasteiger partial charge in [0.2, 0.25) is 0 Å². The van der Waals surface area contributed by atoms with Gasteiger partial charge >= 0.3 is 5.97 Å². The predicted octanol–water partition coefficient (Wildman–Crippen LogP) is 5.71. The molecule has 25 heavy (non-hydrogen) atoms. The largest absolute Gasteiger partial charge is 0.459 e. The lowest BCUT2D eigenvalue weighted by atomic mass is 10.0. The van der Waals surface area contributed by atoms with E-state index in [2.05, 4.69) is 13.0 Å². The average Bonchev–Trinajstić information content (AvgIpc) is 3.46. The van der Waals surface area contributed by atoms with Crippen LogP contribution in [0.3, 0.4) is 0 Å². The number of hydrogen-bond donors (Lipinski definition) is 0. The molecule has 0 saturated carbocycles. The highest BCUT2D eigenvalue weighted by atomic mass is 16.6. The second-order valence-electron chi connectivity index (χ2n) is 7.19. The van der Waals surface area contributed by atoms with Gasteiger partial charge in [-0.2, -0.15) is 0 Å². The maximum Gasteiger partial charge on any atom is 0.338 e. The Morgan fingerprint density at radius 3 is 2.32 bits per heavy atom. The fourth-order valence-electron chi connectivity index (χ4n) is 3.09. The van der Waals surface area contributed by atoms with Crippen molar-refractivity contribution in [2.24, 2.45) is 0 Å². The van der Waals surface area contributed by atoms with E-state index < -0.39 is 0 Å². The summed E-state index contributed by atoms with van der Waals surface area (Å²) in [4.78, 5) is 12.0. The van der Waals surface area contributed by atoms with E-state index in [9.17, 15) is 4.79 Å². The first-order valence-corrected chi connectivity index (χ1v) is 10.2. The summed E-state index contributed by atoms with van der Waals surface area (Å²) in [5, 5.41) is 0. The highest BCUT2D eigenvalue weighted by molar-refractivity contribution is 5.89. The Labute approximate surface area is 153 Å². The van der Waals surface area contributed by atoms with Gasteiger partial charge < -0.3 is 9.47 Å². The molecule has 2 rings (SSSR count). The van der Waals surface area contributed by atoms with Crippen LogP contribution in [0, 0.1) is 0 Å². The average molecular weight is 347 g/mol. The minimum absolute atomic E-state index is 0.124. The predicted molar refractivity (Wildman–Crippen MR) is 102 cm³/mol. The number of carbonyl (C=O) groups is 1. The molecule has 1 aliphatic heterocycles. The van der Waals surface area contributed by atoms with Crippen molar-refractivity contribution in [1.29, 1.82) is 0 Å². The van der Waals surface area contributed by atoms with Crippen LogP contribution in [0.15, 0.2) is 24.3 Å². The Morgan fingerprint density at radius 1 is 1.04 bits per heavy atom. The highest BCUT2D eigenvalue weighted by Crippen LogP contribution is 2.15. The zero-order valence-electron chi connectivity index (χ0n) is 15.8. The Balaban J connectivity index is 1.53. The lowest BCUT2D eigenvalue weighted by Crippen LogP contribution is -2.10. The first kappa shape index (κ1) is 20.0. The molecular formula is C22H34O3. The van der Waals surface area contributed by atoms with Crippen LogP contribution < -0.4 is 0 Å². The second kappa shape index (κ2) is 12.1. The summed E-state index contributed by atoms with van der Waals surface area (Å²) in [6.45, 7) is 3.36. The van der Waals surface area contributed by atoms with Gasteiger partial charge in [-0.3, -0.25) is 0 Å². The Bertz CT molecular complexity index is 494. The topological polar surface area (TPSA) is 38.8 Å². The van der Waals surface area contributed by atoms with Gasteiger partial charge in [-0.1, -0.05) is 76.8 Å². The van der Waals surface area contributed by atoms with Crippen LogP contribution in [0.5, 0.6) is 0 Å². The first-order chi connectivity index (χ1) is 12.3. The van der Waals surface area contributed by atoms with Gasteiger partial charge in [-0.15, -0.1) is 0 Å². The molecule has 0 aliphatic carbocycles. The molecule has 1 aromatic rings. The summed E-state index contributed by atoms with van der Waals surface area (Å²) in [6, 6.07) is 7.87. The third-order valence-electron chi connectivity index (χ3n) is 4.78. The normalized spacial score (nSPS) is 16.0. The Kier molecular flexibility index (Phi) is 9.65. The zero-order valence-corrected chi connectivity index (χ0v) is 15.8. The number of epoxide rings is 1. The molecule has 0 spiro atoms. The van der Waals surface area contributed by atoms with Crippen LogP contribution in [0.1, 0.15) is 87.1 Å². The third kappa shape index (κ3) is 9.06. The maximum absolute atomic E-state index is 12.0. The van der Waals surface area contributed by atoms with E-state index in [4.69, 9.17) is 9.47 Å². The lowest BCUT2D eigenvalue weighted by Gasteiger charge is -2.06. The van der Waals surface area contributed by atoms with Crippen LogP contribution in [-0.4, -0.2) is 25.3 Å². The van der Waals surface area contributed by atoms with Gasteiger partial charge in [-0.05, 0) is 30.5 Å². The first-order valence-electron chi connectivity index (χ1n) is 10.2. The molecule has 0 bridgehead atoms. The second-order valence-corrected chi connectivity index (χ2v) is 7.19. The van der Waals surface area contributed by atoms with Crippen LogP contribution in [0.2, 0.25) is 0 Å². The summed E-state index contributed by atoms with van der Waals surface area (Å²) in [7, 11) is 0. The molecule has 0 N–H and O–H groups in total. The molecule has 1 atom stereocenters. The monoisotopic (exact) mass is 346 g/mol. The molecule has 1 aromatic carbocycles. The van der Waals surface area contributed by atoms with Crippen molar-refractivity contribution in [3.8, 4) is 0 Å². The fraction of sp³-hybridized carbons (Fsp3) is 0.682. The van der Waals surface area contributed by atoms with Crippen molar-refractivity contribution in [2.75, 3.05) is 13.2 Å². The van der Waals surface area contributed by atoms with Crippen molar-refractivity contribution in [3.05, 3.63) is 35.4 Å². The van der Waals surface area contributed by atoms with Crippen molar-refractivity contribution in [2.45, 2.75) is 83.7 Å². The number of ether oxygens (including phenoxy) is 2.